The molecule has 5 aromatic rings. The van der Waals surface area contributed by atoms with E-state index in [-0.39, 0.29) is 5.56 Å². The van der Waals surface area contributed by atoms with Gasteiger partial charge < -0.3 is 14.2 Å². The van der Waals surface area contributed by atoms with E-state index in [0.29, 0.717) is 46.7 Å². The SMILES string of the molecule is CCOc1cc(/C=c2\sc3nc4ccccc4n3c2=O)cc(Br)c1OCCOc1ccc(C(C)CC)cc1. The molecule has 0 bridgehead atoms. The standard InChI is InChI=1S/C30H29BrN2O4S/c1-4-19(3)21-10-12-22(13-11-21)36-14-15-37-28-23(31)16-20(17-26(28)35-5-2)18-27-29(34)33-25-9-7-6-8-24(25)32-30(33)38-27/h6-13,16-19H,4-5,14-15H2,1-3H3/b27-18-. The van der Waals surface area contributed by atoms with Crippen LogP contribution in [0.1, 0.15) is 44.2 Å². The minimum absolute atomic E-state index is 0.0811. The molecule has 196 valence electrons. The molecule has 0 fully saturated rings. The molecule has 5 rings (SSSR count). The second-order valence-electron chi connectivity index (χ2n) is 8.97. The highest BCUT2D eigenvalue weighted by Crippen LogP contribution is 2.37. The van der Waals surface area contributed by atoms with Gasteiger partial charge in [0.05, 0.1) is 26.6 Å². The van der Waals surface area contributed by atoms with Crippen LogP contribution < -0.4 is 24.3 Å². The van der Waals surface area contributed by atoms with E-state index in [1.54, 1.807) is 4.40 Å². The predicted molar refractivity (Wildman–Crippen MR) is 157 cm³/mol. The van der Waals surface area contributed by atoms with Crippen LogP contribution in [-0.2, 0) is 0 Å². The molecule has 3 aromatic carbocycles. The zero-order chi connectivity index (χ0) is 26.6. The molecule has 2 heterocycles. The molecule has 6 nitrogen and oxygen atoms in total. The molecule has 0 amide bonds. The summed E-state index contributed by atoms with van der Waals surface area (Å²) < 4.78 is 20.8. The van der Waals surface area contributed by atoms with Crippen LogP contribution in [0.25, 0.3) is 22.1 Å². The molecule has 1 unspecified atom stereocenters. The number of nitrogens with zero attached hydrogens (tertiary/aromatic N) is 2. The van der Waals surface area contributed by atoms with Crippen LogP contribution in [-0.4, -0.2) is 29.2 Å². The summed E-state index contributed by atoms with van der Waals surface area (Å²) in [6.07, 6.45) is 2.97. The molecule has 0 saturated heterocycles. The number of rotatable bonds is 10. The molecule has 1 atom stereocenters. The van der Waals surface area contributed by atoms with Gasteiger partial charge in [-0.15, -0.1) is 0 Å². The molecule has 2 aromatic heterocycles. The quantitative estimate of drug-likeness (QED) is 0.171. The smallest absolute Gasteiger partial charge is 0.274 e. The molecular formula is C30H29BrN2O4S. The van der Waals surface area contributed by atoms with Crippen molar-refractivity contribution in [3.63, 3.8) is 0 Å². The van der Waals surface area contributed by atoms with Gasteiger partial charge in [-0.3, -0.25) is 4.79 Å². The Hall–Kier alpha value is -3.36. The molecule has 38 heavy (non-hydrogen) atoms. The normalized spacial score (nSPS) is 12.8. The van der Waals surface area contributed by atoms with Crippen LogP contribution >= 0.6 is 27.3 Å². The van der Waals surface area contributed by atoms with Gasteiger partial charge in [-0.25, -0.2) is 9.38 Å². The summed E-state index contributed by atoms with van der Waals surface area (Å²) in [6, 6.07) is 19.7. The number of halogens is 1. The maximum Gasteiger partial charge on any atom is 0.274 e. The Kier molecular flexibility index (Phi) is 8.00. The Morgan fingerprint density at radius 3 is 2.55 bits per heavy atom. The van der Waals surface area contributed by atoms with Crippen molar-refractivity contribution in [1.82, 2.24) is 9.38 Å². The molecule has 0 spiro atoms. The van der Waals surface area contributed by atoms with Crippen LogP contribution in [0.4, 0.5) is 0 Å². The zero-order valence-electron chi connectivity index (χ0n) is 21.6. The van der Waals surface area contributed by atoms with Crippen molar-refractivity contribution in [1.29, 1.82) is 0 Å². The molecule has 0 aliphatic heterocycles. The summed E-state index contributed by atoms with van der Waals surface area (Å²) in [5, 5.41) is 0. The van der Waals surface area contributed by atoms with Crippen molar-refractivity contribution in [2.45, 2.75) is 33.1 Å². The Bertz CT molecular complexity index is 1680. The van der Waals surface area contributed by atoms with Crippen molar-refractivity contribution in [2.24, 2.45) is 0 Å². The monoisotopic (exact) mass is 592 g/mol. The number of aromatic nitrogens is 2. The van der Waals surface area contributed by atoms with E-state index in [1.807, 2.05) is 61.5 Å². The molecule has 8 heteroatoms. The lowest BCUT2D eigenvalue weighted by atomic mass is 9.99. The summed E-state index contributed by atoms with van der Waals surface area (Å²) in [7, 11) is 0. The largest absolute Gasteiger partial charge is 0.490 e. The van der Waals surface area contributed by atoms with E-state index in [0.717, 1.165) is 33.2 Å². The Balaban J connectivity index is 1.33. The van der Waals surface area contributed by atoms with Gasteiger partial charge in [-0.2, -0.15) is 0 Å². The number of fused-ring (bicyclic) bond motifs is 3. The molecule has 0 aliphatic rings. The van der Waals surface area contributed by atoms with E-state index >= 15 is 0 Å². The minimum atomic E-state index is -0.0811. The topological polar surface area (TPSA) is 62.1 Å². The van der Waals surface area contributed by atoms with Gasteiger partial charge in [0, 0.05) is 0 Å². The third-order valence-electron chi connectivity index (χ3n) is 6.43. The fourth-order valence-corrected chi connectivity index (χ4v) is 5.83. The lowest BCUT2D eigenvalue weighted by Crippen LogP contribution is -2.22. The van der Waals surface area contributed by atoms with Gasteiger partial charge in [0.15, 0.2) is 16.5 Å². The van der Waals surface area contributed by atoms with Gasteiger partial charge in [0.25, 0.3) is 5.56 Å². The Morgan fingerprint density at radius 1 is 1.03 bits per heavy atom. The third kappa shape index (κ3) is 5.42. The lowest BCUT2D eigenvalue weighted by Gasteiger charge is -2.15. The maximum absolute atomic E-state index is 13.1. The third-order valence-corrected chi connectivity index (χ3v) is 7.99. The van der Waals surface area contributed by atoms with Crippen LogP contribution in [0.3, 0.4) is 0 Å². The molecule has 0 N–H and O–H groups in total. The van der Waals surface area contributed by atoms with E-state index < -0.39 is 0 Å². The van der Waals surface area contributed by atoms with Crippen molar-refractivity contribution >= 4 is 49.3 Å². The van der Waals surface area contributed by atoms with Gasteiger partial charge in [0.2, 0.25) is 0 Å². The molecule has 0 saturated carbocycles. The van der Waals surface area contributed by atoms with Crippen LogP contribution in [0.5, 0.6) is 17.2 Å². The highest BCUT2D eigenvalue weighted by atomic mass is 79.9. The van der Waals surface area contributed by atoms with E-state index in [2.05, 4.69) is 46.9 Å². The second kappa shape index (κ2) is 11.6. The van der Waals surface area contributed by atoms with Crippen molar-refractivity contribution in [3.8, 4) is 17.2 Å². The summed E-state index contributed by atoms with van der Waals surface area (Å²) in [4.78, 5) is 18.4. The summed E-state index contributed by atoms with van der Waals surface area (Å²) in [6.45, 7) is 7.58. The van der Waals surface area contributed by atoms with E-state index in [1.165, 1.54) is 16.9 Å². The first-order valence-electron chi connectivity index (χ1n) is 12.7. The number of thiazole rings is 1. The highest BCUT2D eigenvalue weighted by Gasteiger charge is 2.14. The predicted octanol–water partition coefficient (Wildman–Crippen LogP) is 6.59. The Labute approximate surface area is 233 Å². The number of hydrogen-bond donors (Lipinski definition) is 0. The first-order valence-corrected chi connectivity index (χ1v) is 14.3. The van der Waals surface area contributed by atoms with Gasteiger partial charge in [0.1, 0.15) is 19.0 Å². The van der Waals surface area contributed by atoms with Gasteiger partial charge in [-0.05, 0) is 88.8 Å². The molecular weight excluding hydrogens is 564 g/mol. The first-order chi connectivity index (χ1) is 18.5. The van der Waals surface area contributed by atoms with E-state index in [9.17, 15) is 4.79 Å². The van der Waals surface area contributed by atoms with Crippen molar-refractivity contribution in [2.75, 3.05) is 19.8 Å². The van der Waals surface area contributed by atoms with E-state index in [4.69, 9.17) is 14.2 Å². The number of para-hydroxylation sites is 2. The zero-order valence-corrected chi connectivity index (χ0v) is 24.0. The fourth-order valence-electron chi connectivity index (χ4n) is 4.27. The molecule has 0 aliphatic carbocycles. The average molecular weight is 594 g/mol. The Morgan fingerprint density at radius 2 is 1.79 bits per heavy atom. The lowest BCUT2D eigenvalue weighted by molar-refractivity contribution is 0.207. The second-order valence-corrected chi connectivity index (χ2v) is 10.8. The molecule has 0 radical (unpaired) electrons. The van der Waals surface area contributed by atoms with Crippen LogP contribution in [0, 0.1) is 0 Å². The van der Waals surface area contributed by atoms with Gasteiger partial charge in [-0.1, -0.05) is 49.4 Å². The number of hydrogen-bond acceptors (Lipinski definition) is 6. The number of ether oxygens (including phenoxy) is 3. The van der Waals surface area contributed by atoms with Crippen molar-refractivity contribution < 1.29 is 14.2 Å². The summed E-state index contributed by atoms with van der Waals surface area (Å²) in [5.74, 6) is 2.56. The highest BCUT2D eigenvalue weighted by molar-refractivity contribution is 9.10. The number of benzene rings is 3. The summed E-state index contributed by atoms with van der Waals surface area (Å²) >= 11 is 5.00. The first kappa shape index (κ1) is 26.3. The van der Waals surface area contributed by atoms with Crippen LogP contribution in [0.2, 0.25) is 0 Å². The van der Waals surface area contributed by atoms with Gasteiger partial charge >= 0.3 is 0 Å². The van der Waals surface area contributed by atoms with Crippen LogP contribution in [0.15, 0.2) is 69.9 Å². The minimum Gasteiger partial charge on any atom is -0.490 e. The fraction of sp³-hybridized carbons (Fsp3) is 0.267. The maximum atomic E-state index is 13.1. The number of imidazole rings is 1. The average Bonchev–Trinajstić information content (AvgIpc) is 3.43. The van der Waals surface area contributed by atoms with Crippen molar-refractivity contribution in [3.05, 3.63) is 91.1 Å². The summed E-state index contributed by atoms with van der Waals surface area (Å²) in [5.41, 5.74) is 3.69.